The van der Waals surface area contributed by atoms with E-state index in [1.165, 1.54) is 0 Å². The summed E-state index contributed by atoms with van der Waals surface area (Å²) in [5.74, 6) is -1.10. The van der Waals surface area contributed by atoms with Gasteiger partial charge in [0, 0.05) is 44.7 Å². The molecule has 0 saturated heterocycles. The third kappa shape index (κ3) is 3.75. The van der Waals surface area contributed by atoms with Gasteiger partial charge in [0.2, 0.25) is 5.92 Å². The standard InChI is InChI=1S/C14H23F2N3/c1-3-17-12(10-13-18-8-9-19(13)2)11-4-6-14(15,16)7-5-11/h8-9,11-12,17H,3-7,10H2,1-2H3. The summed E-state index contributed by atoms with van der Waals surface area (Å²) < 4.78 is 28.5. The average Bonchev–Trinajstić information content (AvgIpc) is 2.75. The van der Waals surface area contributed by atoms with Crippen LogP contribution in [-0.4, -0.2) is 28.1 Å². The van der Waals surface area contributed by atoms with Crippen molar-refractivity contribution >= 4 is 0 Å². The third-order valence-electron chi connectivity index (χ3n) is 4.12. The first-order chi connectivity index (χ1) is 9.02. The van der Waals surface area contributed by atoms with Gasteiger partial charge >= 0.3 is 0 Å². The molecule has 0 amide bonds. The molecule has 1 saturated carbocycles. The van der Waals surface area contributed by atoms with E-state index in [9.17, 15) is 8.78 Å². The number of aromatic nitrogens is 2. The van der Waals surface area contributed by atoms with Crippen molar-refractivity contribution in [2.75, 3.05) is 6.54 Å². The smallest absolute Gasteiger partial charge is 0.248 e. The molecule has 0 spiro atoms. The molecular formula is C14H23F2N3. The Morgan fingerprint density at radius 1 is 1.47 bits per heavy atom. The van der Waals surface area contributed by atoms with Crippen LogP contribution in [0.15, 0.2) is 12.4 Å². The summed E-state index contributed by atoms with van der Waals surface area (Å²) in [6, 6.07) is 0.252. The molecule has 5 heteroatoms. The maximum Gasteiger partial charge on any atom is 0.248 e. The van der Waals surface area contributed by atoms with Crippen molar-refractivity contribution in [2.24, 2.45) is 13.0 Å². The van der Waals surface area contributed by atoms with Crippen molar-refractivity contribution in [2.45, 2.75) is 51.0 Å². The minimum Gasteiger partial charge on any atom is -0.338 e. The van der Waals surface area contributed by atoms with Gasteiger partial charge in [-0.1, -0.05) is 6.92 Å². The predicted octanol–water partition coefficient (Wildman–Crippen LogP) is 2.77. The molecule has 3 nitrogen and oxygen atoms in total. The van der Waals surface area contributed by atoms with Gasteiger partial charge in [0.1, 0.15) is 5.82 Å². The van der Waals surface area contributed by atoms with E-state index in [0.717, 1.165) is 18.8 Å². The van der Waals surface area contributed by atoms with Crippen LogP contribution in [0.1, 0.15) is 38.4 Å². The number of likely N-dealkylation sites (N-methyl/N-ethyl adjacent to an activating group) is 1. The van der Waals surface area contributed by atoms with Crippen LogP contribution >= 0.6 is 0 Å². The van der Waals surface area contributed by atoms with Crippen LogP contribution in [0.5, 0.6) is 0 Å². The second-order valence-corrected chi connectivity index (χ2v) is 5.52. The molecule has 1 fully saturated rings. The number of nitrogens with zero attached hydrogens (tertiary/aromatic N) is 2. The maximum atomic E-state index is 13.2. The van der Waals surface area contributed by atoms with Gasteiger partial charge in [0.25, 0.3) is 0 Å². The number of alkyl halides is 2. The summed E-state index contributed by atoms with van der Waals surface area (Å²) in [6.45, 7) is 2.92. The van der Waals surface area contributed by atoms with Gasteiger partial charge in [0.05, 0.1) is 0 Å². The molecule has 1 heterocycles. The van der Waals surface area contributed by atoms with E-state index in [-0.39, 0.29) is 18.9 Å². The number of nitrogens with one attached hydrogen (secondary N) is 1. The molecule has 1 N–H and O–H groups in total. The van der Waals surface area contributed by atoms with Gasteiger partial charge in [0.15, 0.2) is 0 Å². The minimum absolute atomic E-state index is 0.0279. The summed E-state index contributed by atoms with van der Waals surface area (Å²) in [5, 5.41) is 3.45. The maximum absolute atomic E-state index is 13.2. The largest absolute Gasteiger partial charge is 0.338 e. The molecule has 0 radical (unpaired) electrons. The normalized spacial score (nSPS) is 21.5. The quantitative estimate of drug-likeness (QED) is 0.892. The van der Waals surface area contributed by atoms with Gasteiger partial charge in [-0.15, -0.1) is 0 Å². The molecule has 0 aromatic carbocycles. The van der Waals surface area contributed by atoms with Crippen LogP contribution in [0.2, 0.25) is 0 Å². The van der Waals surface area contributed by atoms with Gasteiger partial charge in [-0.2, -0.15) is 0 Å². The molecule has 2 rings (SSSR count). The monoisotopic (exact) mass is 271 g/mol. The molecule has 1 aliphatic rings. The number of aryl methyl sites for hydroxylation is 1. The molecule has 19 heavy (non-hydrogen) atoms. The molecular weight excluding hydrogens is 248 g/mol. The van der Waals surface area contributed by atoms with Crippen LogP contribution in [0.4, 0.5) is 8.78 Å². The lowest BCUT2D eigenvalue weighted by atomic mass is 9.81. The summed E-state index contributed by atoms with van der Waals surface area (Å²) in [6.07, 6.45) is 5.79. The van der Waals surface area contributed by atoms with Gasteiger partial charge in [-0.05, 0) is 25.3 Å². The molecule has 1 unspecified atom stereocenters. The summed E-state index contributed by atoms with van der Waals surface area (Å²) >= 11 is 0. The van der Waals surface area contributed by atoms with Crippen molar-refractivity contribution < 1.29 is 8.78 Å². The first kappa shape index (κ1) is 14.4. The highest BCUT2D eigenvalue weighted by molar-refractivity contribution is 4.97. The van der Waals surface area contributed by atoms with E-state index in [0.29, 0.717) is 18.8 Å². The predicted molar refractivity (Wildman–Crippen MR) is 71.3 cm³/mol. The Morgan fingerprint density at radius 2 is 2.16 bits per heavy atom. The van der Waals surface area contributed by atoms with E-state index < -0.39 is 5.92 Å². The van der Waals surface area contributed by atoms with Gasteiger partial charge < -0.3 is 9.88 Å². The SMILES string of the molecule is CCNC(Cc1nccn1C)C1CCC(F)(F)CC1. The Balaban J connectivity index is 1.98. The second-order valence-electron chi connectivity index (χ2n) is 5.52. The van der Waals surface area contributed by atoms with Crippen molar-refractivity contribution in [3.8, 4) is 0 Å². The van der Waals surface area contributed by atoms with Crippen LogP contribution in [-0.2, 0) is 13.5 Å². The Bertz CT molecular complexity index is 393. The summed E-state index contributed by atoms with van der Waals surface area (Å²) in [5.41, 5.74) is 0. The van der Waals surface area contributed by atoms with E-state index >= 15 is 0 Å². The van der Waals surface area contributed by atoms with E-state index in [2.05, 4.69) is 17.2 Å². The van der Waals surface area contributed by atoms with Gasteiger partial charge in [-0.25, -0.2) is 13.8 Å². The zero-order valence-corrected chi connectivity index (χ0v) is 11.7. The van der Waals surface area contributed by atoms with E-state index in [1.54, 1.807) is 6.20 Å². The fourth-order valence-corrected chi connectivity index (χ4v) is 2.92. The average molecular weight is 271 g/mol. The lowest BCUT2D eigenvalue weighted by Gasteiger charge is -2.34. The number of hydrogen-bond acceptors (Lipinski definition) is 2. The first-order valence-corrected chi connectivity index (χ1v) is 7.09. The van der Waals surface area contributed by atoms with Crippen LogP contribution in [0, 0.1) is 5.92 Å². The number of hydrogen-bond donors (Lipinski definition) is 1. The minimum atomic E-state index is -2.45. The Hall–Kier alpha value is -0.970. The lowest BCUT2D eigenvalue weighted by molar-refractivity contribution is -0.0495. The Labute approximate surface area is 113 Å². The summed E-state index contributed by atoms with van der Waals surface area (Å²) in [7, 11) is 1.97. The topological polar surface area (TPSA) is 29.9 Å². The van der Waals surface area contributed by atoms with Crippen LogP contribution in [0.3, 0.4) is 0 Å². The number of imidazole rings is 1. The van der Waals surface area contributed by atoms with Crippen molar-refractivity contribution in [1.82, 2.24) is 14.9 Å². The van der Waals surface area contributed by atoms with E-state index in [4.69, 9.17) is 0 Å². The molecule has 1 aromatic rings. The molecule has 1 aromatic heterocycles. The lowest BCUT2D eigenvalue weighted by Crippen LogP contribution is -2.41. The van der Waals surface area contributed by atoms with Crippen LogP contribution < -0.4 is 5.32 Å². The fourth-order valence-electron chi connectivity index (χ4n) is 2.92. The molecule has 1 aliphatic carbocycles. The summed E-state index contributed by atoms with van der Waals surface area (Å²) in [4.78, 5) is 4.34. The van der Waals surface area contributed by atoms with Crippen molar-refractivity contribution in [3.05, 3.63) is 18.2 Å². The second kappa shape index (κ2) is 5.99. The number of rotatable bonds is 5. The Kier molecular flexibility index (Phi) is 4.55. The molecule has 0 bridgehead atoms. The number of halogens is 2. The van der Waals surface area contributed by atoms with Crippen molar-refractivity contribution in [1.29, 1.82) is 0 Å². The highest BCUT2D eigenvalue weighted by Crippen LogP contribution is 2.37. The molecule has 0 aliphatic heterocycles. The van der Waals surface area contributed by atoms with Crippen LogP contribution in [0.25, 0.3) is 0 Å². The highest BCUT2D eigenvalue weighted by Gasteiger charge is 2.37. The van der Waals surface area contributed by atoms with Crippen molar-refractivity contribution in [3.63, 3.8) is 0 Å². The highest BCUT2D eigenvalue weighted by atomic mass is 19.3. The third-order valence-corrected chi connectivity index (χ3v) is 4.12. The zero-order chi connectivity index (χ0) is 13.9. The van der Waals surface area contributed by atoms with E-state index in [1.807, 2.05) is 17.8 Å². The first-order valence-electron chi connectivity index (χ1n) is 7.09. The fraction of sp³-hybridized carbons (Fsp3) is 0.786. The molecule has 1 atom stereocenters. The van der Waals surface area contributed by atoms with Gasteiger partial charge in [-0.3, -0.25) is 0 Å². The molecule has 108 valence electrons. The Morgan fingerprint density at radius 3 is 2.68 bits per heavy atom. The zero-order valence-electron chi connectivity index (χ0n) is 11.7.